The number of nitrogens with one attached hydrogen (secondary N) is 1. The smallest absolute Gasteiger partial charge is 0.234 e. The Morgan fingerprint density at radius 2 is 2.21 bits per heavy atom. The van der Waals surface area contributed by atoms with Gasteiger partial charge in [0.05, 0.1) is 5.25 Å². The van der Waals surface area contributed by atoms with Gasteiger partial charge in [0.15, 0.2) is 0 Å². The summed E-state index contributed by atoms with van der Waals surface area (Å²) >= 11 is 5.15. The van der Waals surface area contributed by atoms with Gasteiger partial charge < -0.3 is 5.32 Å². The molecular weight excluding hydrogens is 322 g/mol. The predicted molar refractivity (Wildman–Crippen MR) is 85.0 cm³/mol. The fourth-order valence-electron chi connectivity index (χ4n) is 2.29. The molecule has 19 heavy (non-hydrogen) atoms. The molecule has 0 bridgehead atoms. The largest absolute Gasteiger partial charge is 0.352 e. The molecule has 1 aromatic carbocycles. The van der Waals surface area contributed by atoms with Gasteiger partial charge in [0, 0.05) is 16.3 Å². The van der Waals surface area contributed by atoms with Gasteiger partial charge in [0.1, 0.15) is 0 Å². The highest BCUT2D eigenvalue weighted by Crippen LogP contribution is 2.36. The SMILES string of the molecule is CC(C)C(CCBr)NC(=O)C1Cc2ccccc2S1. The Hall–Kier alpha value is -0.480. The summed E-state index contributed by atoms with van der Waals surface area (Å²) in [5.74, 6) is 0.649. The number of amides is 1. The Kier molecular flexibility index (Phi) is 5.34. The van der Waals surface area contributed by atoms with E-state index < -0.39 is 0 Å². The second-order valence-corrected chi connectivity index (χ2v) is 7.29. The highest BCUT2D eigenvalue weighted by molar-refractivity contribution is 9.09. The summed E-state index contributed by atoms with van der Waals surface area (Å²) in [4.78, 5) is 13.6. The Morgan fingerprint density at radius 1 is 1.47 bits per heavy atom. The zero-order chi connectivity index (χ0) is 13.8. The Bertz CT molecular complexity index is 425. The van der Waals surface area contributed by atoms with E-state index in [4.69, 9.17) is 0 Å². The van der Waals surface area contributed by atoms with Crippen LogP contribution in [0.1, 0.15) is 25.8 Å². The van der Waals surface area contributed by atoms with Crippen LogP contribution < -0.4 is 5.32 Å². The maximum Gasteiger partial charge on any atom is 0.234 e. The third-order valence-electron chi connectivity index (χ3n) is 3.49. The number of alkyl halides is 1. The second kappa shape index (κ2) is 6.80. The number of halogens is 1. The third-order valence-corrected chi connectivity index (χ3v) is 5.27. The molecule has 0 radical (unpaired) electrons. The summed E-state index contributed by atoms with van der Waals surface area (Å²) in [6.07, 6.45) is 1.83. The number of thioether (sulfide) groups is 1. The molecule has 4 heteroatoms. The first kappa shape index (κ1) is 14.9. The van der Waals surface area contributed by atoms with Crippen molar-refractivity contribution in [3.63, 3.8) is 0 Å². The van der Waals surface area contributed by atoms with Gasteiger partial charge in [-0.3, -0.25) is 4.79 Å². The molecule has 0 fully saturated rings. The molecule has 2 nitrogen and oxygen atoms in total. The van der Waals surface area contributed by atoms with Crippen molar-refractivity contribution >= 4 is 33.6 Å². The van der Waals surface area contributed by atoms with Crippen molar-refractivity contribution < 1.29 is 4.79 Å². The number of hydrogen-bond donors (Lipinski definition) is 1. The summed E-state index contributed by atoms with van der Waals surface area (Å²) in [6, 6.07) is 8.56. The zero-order valence-electron chi connectivity index (χ0n) is 11.4. The van der Waals surface area contributed by atoms with E-state index in [1.54, 1.807) is 11.8 Å². The molecule has 0 aliphatic carbocycles. The van der Waals surface area contributed by atoms with Crippen LogP contribution in [-0.4, -0.2) is 22.5 Å². The highest BCUT2D eigenvalue weighted by atomic mass is 79.9. The standard InChI is InChI=1S/C15H20BrNOS/c1-10(2)12(7-8-16)17-15(18)14-9-11-5-3-4-6-13(11)19-14/h3-6,10,12,14H,7-9H2,1-2H3,(H,17,18). The van der Waals surface area contributed by atoms with Crippen LogP contribution in [0, 0.1) is 5.92 Å². The molecule has 2 rings (SSSR count). The minimum atomic E-state index is 0.0361. The molecule has 0 spiro atoms. The number of carbonyl (C=O) groups is 1. The lowest BCUT2D eigenvalue weighted by Crippen LogP contribution is -2.43. The quantitative estimate of drug-likeness (QED) is 0.828. The maximum absolute atomic E-state index is 12.4. The van der Waals surface area contributed by atoms with E-state index in [1.807, 2.05) is 12.1 Å². The van der Waals surface area contributed by atoms with Crippen LogP contribution in [0.4, 0.5) is 0 Å². The van der Waals surface area contributed by atoms with Gasteiger partial charge in [-0.2, -0.15) is 0 Å². The molecule has 2 atom stereocenters. The maximum atomic E-state index is 12.4. The molecule has 0 aromatic heterocycles. The molecule has 1 heterocycles. The van der Waals surface area contributed by atoms with Crippen molar-refractivity contribution in [2.24, 2.45) is 5.92 Å². The van der Waals surface area contributed by atoms with E-state index >= 15 is 0 Å². The first-order valence-corrected chi connectivity index (χ1v) is 8.73. The number of carbonyl (C=O) groups excluding carboxylic acids is 1. The second-order valence-electron chi connectivity index (χ2n) is 5.26. The van der Waals surface area contributed by atoms with E-state index in [0.717, 1.165) is 18.2 Å². The summed E-state index contributed by atoms with van der Waals surface area (Å²) < 4.78 is 0. The highest BCUT2D eigenvalue weighted by Gasteiger charge is 2.29. The first-order chi connectivity index (χ1) is 9.11. The lowest BCUT2D eigenvalue weighted by Gasteiger charge is -2.23. The molecule has 1 N–H and O–H groups in total. The van der Waals surface area contributed by atoms with Crippen molar-refractivity contribution in [2.45, 2.75) is 42.9 Å². The van der Waals surface area contributed by atoms with Gasteiger partial charge in [0.25, 0.3) is 0 Å². The summed E-state index contributed by atoms with van der Waals surface area (Å²) in [5, 5.41) is 4.17. The molecule has 0 saturated heterocycles. The number of hydrogen-bond acceptors (Lipinski definition) is 2. The molecule has 104 valence electrons. The van der Waals surface area contributed by atoms with Crippen molar-refractivity contribution in [1.82, 2.24) is 5.32 Å². The molecular formula is C15H20BrNOS. The van der Waals surface area contributed by atoms with E-state index in [-0.39, 0.29) is 17.2 Å². The summed E-state index contributed by atoms with van der Waals surface area (Å²) in [6.45, 7) is 4.31. The number of fused-ring (bicyclic) bond motifs is 1. The number of rotatable bonds is 5. The van der Waals surface area contributed by atoms with Crippen LogP contribution in [0.5, 0.6) is 0 Å². The molecule has 1 amide bonds. The Balaban J connectivity index is 1.95. The molecule has 0 saturated carbocycles. The van der Waals surface area contributed by atoms with Crippen molar-refractivity contribution in [3.05, 3.63) is 29.8 Å². The van der Waals surface area contributed by atoms with Crippen LogP contribution in [0.2, 0.25) is 0 Å². The van der Waals surface area contributed by atoms with Gasteiger partial charge in [-0.05, 0) is 30.4 Å². The van der Waals surface area contributed by atoms with Gasteiger partial charge in [-0.1, -0.05) is 48.0 Å². The van der Waals surface area contributed by atoms with Crippen LogP contribution >= 0.6 is 27.7 Å². The van der Waals surface area contributed by atoms with Crippen LogP contribution in [0.3, 0.4) is 0 Å². The van der Waals surface area contributed by atoms with Crippen molar-refractivity contribution in [1.29, 1.82) is 0 Å². The van der Waals surface area contributed by atoms with Gasteiger partial charge in [-0.15, -0.1) is 11.8 Å². The Labute approximate surface area is 127 Å². The third kappa shape index (κ3) is 3.76. The van der Waals surface area contributed by atoms with Gasteiger partial charge >= 0.3 is 0 Å². The molecule has 1 aromatic rings. The molecule has 2 unspecified atom stereocenters. The summed E-state index contributed by atoms with van der Waals surface area (Å²) in [7, 11) is 0. The van der Waals surface area contributed by atoms with Crippen molar-refractivity contribution in [2.75, 3.05) is 5.33 Å². The first-order valence-electron chi connectivity index (χ1n) is 6.72. The molecule has 1 aliphatic heterocycles. The molecule has 1 aliphatic rings. The zero-order valence-corrected chi connectivity index (χ0v) is 13.8. The monoisotopic (exact) mass is 341 g/mol. The minimum Gasteiger partial charge on any atom is -0.352 e. The predicted octanol–water partition coefficient (Wildman–Crippen LogP) is 3.63. The fourth-order valence-corrected chi connectivity index (χ4v) is 3.99. The van der Waals surface area contributed by atoms with E-state index in [2.05, 4.69) is 47.2 Å². The van der Waals surface area contributed by atoms with E-state index in [0.29, 0.717) is 5.92 Å². The van der Waals surface area contributed by atoms with Gasteiger partial charge in [0.2, 0.25) is 5.91 Å². The topological polar surface area (TPSA) is 29.1 Å². The van der Waals surface area contributed by atoms with Crippen molar-refractivity contribution in [3.8, 4) is 0 Å². The van der Waals surface area contributed by atoms with E-state index in [9.17, 15) is 4.79 Å². The fraction of sp³-hybridized carbons (Fsp3) is 0.533. The normalized spacial score (nSPS) is 19.3. The lowest BCUT2D eigenvalue weighted by molar-refractivity contribution is -0.121. The Morgan fingerprint density at radius 3 is 2.84 bits per heavy atom. The van der Waals surface area contributed by atoms with Gasteiger partial charge in [-0.25, -0.2) is 0 Å². The number of benzene rings is 1. The lowest BCUT2D eigenvalue weighted by atomic mass is 10.0. The van der Waals surface area contributed by atoms with Crippen LogP contribution in [0.15, 0.2) is 29.2 Å². The van der Waals surface area contributed by atoms with E-state index in [1.165, 1.54) is 10.5 Å². The average Bonchev–Trinajstić information content (AvgIpc) is 2.81. The minimum absolute atomic E-state index is 0.0361. The average molecular weight is 342 g/mol. The van der Waals surface area contributed by atoms with Crippen LogP contribution in [0.25, 0.3) is 0 Å². The van der Waals surface area contributed by atoms with Crippen LogP contribution in [-0.2, 0) is 11.2 Å². The summed E-state index contributed by atoms with van der Waals surface area (Å²) in [5.41, 5.74) is 1.30.